The molecule has 1 aromatic carbocycles. The summed E-state index contributed by atoms with van der Waals surface area (Å²) in [6.07, 6.45) is 1.66. The number of nitrogen functional groups attached to an aromatic ring is 1. The lowest BCUT2D eigenvalue weighted by Gasteiger charge is -2.15. The number of nitrogens with one attached hydrogen (secondary N) is 1. The summed E-state index contributed by atoms with van der Waals surface area (Å²) in [7, 11) is 0. The lowest BCUT2D eigenvalue weighted by molar-refractivity contribution is -0.119. The maximum Gasteiger partial charge on any atom is 0.275 e. The van der Waals surface area contributed by atoms with Crippen molar-refractivity contribution in [3.05, 3.63) is 65.0 Å². The predicted molar refractivity (Wildman–Crippen MR) is 96.8 cm³/mol. The number of hydrogen-bond donors (Lipinski definition) is 2. The van der Waals surface area contributed by atoms with E-state index in [9.17, 15) is 9.59 Å². The number of amides is 1. The van der Waals surface area contributed by atoms with E-state index in [0.29, 0.717) is 17.5 Å². The van der Waals surface area contributed by atoms with Crippen LogP contribution < -0.4 is 16.6 Å². The first kappa shape index (κ1) is 17.8. The summed E-state index contributed by atoms with van der Waals surface area (Å²) < 4.78 is 1.65. The van der Waals surface area contributed by atoms with Gasteiger partial charge in [0, 0.05) is 12.6 Å². The number of benzene rings is 1. The fourth-order valence-corrected chi connectivity index (χ4v) is 3.00. The molecule has 126 valence electrons. The van der Waals surface area contributed by atoms with E-state index in [0.717, 1.165) is 5.56 Å². The number of allylic oxidation sites excluding steroid dienone is 1. The number of anilines is 1. The Balaban J connectivity index is 2.01. The Bertz CT molecular complexity index is 774. The number of thioether (sulfide) groups is 1. The molecule has 1 heterocycles. The zero-order chi connectivity index (χ0) is 17.5. The Morgan fingerprint density at radius 3 is 2.83 bits per heavy atom. The van der Waals surface area contributed by atoms with E-state index in [1.54, 1.807) is 10.6 Å². The van der Waals surface area contributed by atoms with Crippen molar-refractivity contribution in [2.45, 2.75) is 24.7 Å². The smallest absolute Gasteiger partial charge is 0.275 e. The highest BCUT2D eigenvalue weighted by atomic mass is 32.2. The molecule has 0 aliphatic heterocycles. The van der Waals surface area contributed by atoms with Gasteiger partial charge in [0.15, 0.2) is 5.16 Å². The molecule has 0 saturated heterocycles. The predicted octanol–water partition coefficient (Wildman–Crippen LogP) is 1.98. The Kier molecular flexibility index (Phi) is 6.20. The molecule has 0 unspecified atom stereocenters. The van der Waals surface area contributed by atoms with E-state index in [1.165, 1.54) is 17.8 Å². The summed E-state index contributed by atoms with van der Waals surface area (Å²) in [5.41, 5.74) is 6.44. The molecule has 6 nitrogen and oxygen atoms in total. The third-order valence-electron chi connectivity index (χ3n) is 3.34. The van der Waals surface area contributed by atoms with E-state index < -0.39 is 5.56 Å². The highest BCUT2D eigenvalue weighted by Crippen LogP contribution is 2.18. The summed E-state index contributed by atoms with van der Waals surface area (Å²) in [5.74, 6) is 0.304. The highest BCUT2D eigenvalue weighted by molar-refractivity contribution is 7.99. The van der Waals surface area contributed by atoms with Crippen LogP contribution >= 0.6 is 11.8 Å². The van der Waals surface area contributed by atoms with E-state index >= 15 is 0 Å². The number of aromatic nitrogens is 2. The average Bonchev–Trinajstić information content (AvgIpc) is 2.56. The number of carbonyl (C=O) groups is 1. The van der Waals surface area contributed by atoms with E-state index in [1.807, 2.05) is 37.3 Å². The van der Waals surface area contributed by atoms with Crippen LogP contribution in [0.4, 0.5) is 5.82 Å². The second-order valence-corrected chi connectivity index (χ2v) is 6.13. The van der Waals surface area contributed by atoms with Crippen LogP contribution in [-0.4, -0.2) is 21.2 Å². The lowest BCUT2D eigenvalue weighted by Crippen LogP contribution is -2.28. The van der Waals surface area contributed by atoms with E-state index in [4.69, 9.17) is 5.73 Å². The van der Waals surface area contributed by atoms with Gasteiger partial charge in [-0.15, -0.1) is 6.58 Å². The molecule has 1 aromatic heterocycles. The van der Waals surface area contributed by atoms with Crippen LogP contribution in [0.5, 0.6) is 0 Å². The molecule has 1 atom stereocenters. The number of nitrogens with two attached hydrogens (primary N) is 1. The summed E-state index contributed by atoms with van der Waals surface area (Å²) in [4.78, 5) is 27.6. The Morgan fingerprint density at radius 1 is 1.46 bits per heavy atom. The van der Waals surface area contributed by atoms with Crippen molar-refractivity contribution in [3.63, 3.8) is 0 Å². The second kappa shape index (κ2) is 8.35. The standard InChI is InChI=1S/C17H20N4O2S/c1-3-9-21-14(18)10-15(22)20-17(21)24-11-16(23)19-12(2)13-7-5-4-6-8-13/h3-8,10,12H,1,9,11,18H2,2H3,(H,19,23)/t12-/m1/s1. The molecule has 3 N–H and O–H groups in total. The Morgan fingerprint density at radius 2 is 2.17 bits per heavy atom. The fourth-order valence-electron chi connectivity index (χ4n) is 2.16. The molecule has 0 saturated carbocycles. The second-order valence-electron chi connectivity index (χ2n) is 5.19. The van der Waals surface area contributed by atoms with Crippen LogP contribution in [0.2, 0.25) is 0 Å². The first-order chi connectivity index (χ1) is 11.5. The molecular formula is C17H20N4O2S. The van der Waals surface area contributed by atoms with Gasteiger partial charge in [-0.2, -0.15) is 4.98 Å². The van der Waals surface area contributed by atoms with Crippen LogP contribution in [0, 0.1) is 0 Å². The first-order valence-corrected chi connectivity index (χ1v) is 8.45. The molecule has 0 spiro atoms. The minimum atomic E-state index is -0.423. The summed E-state index contributed by atoms with van der Waals surface area (Å²) >= 11 is 1.17. The Labute approximate surface area is 144 Å². The van der Waals surface area contributed by atoms with Gasteiger partial charge in [-0.3, -0.25) is 9.59 Å². The molecule has 24 heavy (non-hydrogen) atoms. The van der Waals surface area contributed by atoms with Gasteiger partial charge in [0.2, 0.25) is 5.91 Å². The third kappa shape index (κ3) is 4.73. The molecule has 0 fully saturated rings. The minimum absolute atomic E-state index is 0.0940. The normalized spacial score (nSPS) is 11.7. The molecule has 7 heteroatoms. The number of hydrogen-bond acceptors (Lipinski definition) is 5. The van der Waals surface area contributed by atoms with Gasteiger partial charge >= 0.3 is 0 Å². The van der Waals surface area contributed by atoms with Crippen molar-refractivity contribution in [1.82, 2.24) is 14.9 Å². The first-order valence-electron chi connectivity index (χ1n) is 7.46. The maximum atomic E-state index is 12.1. The van der Waals surface area contributed by atoms with Crippen LogP contribution in [0.1, 0.15) is 18.5 Å². The van der Waals surface area contributed by atoms with Gasteiger partial charge in [-0.05, 0) is 12.5 Å². The van der Waals surface area contributed by atoms with Gasteiger partial charge in [-0.1, -0.05) is 48.2 Å². The molecule has 2 aromatic rings. The maximum absolute atomic E-state index is 12.1. The third-order valence-corrected chi connectivity index (χ3v) is 4.32. The quantitative estimate of drug-likeness (QED) is 0.455. The summed E-state index contributed by atoms with van der Waals surface area (Å²) in [6, 6.07) is 10.9. The fraction of sp³-hybridized carbons (Fsp3) is 0.235. The minimum Gasteiger partial charge on any atom is -0.385 e. The van der Waals surface area contributed by atoms with Gasteiger partial charge in [0.1, 0.15) is 5.82 Å². The van der Waals surface area contributed by atoms with Crippen molar-refractivity contribution in [2.75, 3.05) is 11.5 Å². The number of carbonyl (C=O) groups excluding carboxylic acids is 1. The van der Waals surface area contributed by atoms with Crippen molar-refractivity contribution < 1.29 is 4.79 Å². The lowest BCUT2D eigenvalue weighted by atomic mass is 10.1. The molecule has 1 amide bonds. The van der Waals surface area contributed by atoms with Crippen LogP contribution in [0.3, 0.4) is 0 Å². The van der Waals surface area contributed by atoms with E-state index in [-0.39, 0.29) is 17.7 Å². The van der Waals surface area contributed by atoms with Crippen LogP contribution in [-0.2, 0) is 11.3 Å². The topological polar surface area (TPSA) is 90.0 Å². The summed E-state index contributed by atoms with van der Waals surface area (Å²) in [6.45, 7) is 6.00. The zero-order valence-electron chi connectivity index (χ0n) is 13.4. The van der Waals surface area contributed by atoms with Crippen molar-refractivity contribution in [2.24, 2.45) is 0 Å². The number of rotatable bonds is 7. The van der Waals surface area contributed by atoms with Crippen LogP contribution in [0.25, 0.3) is 0 Å². The zero-order valence-corrected chi connectivity index (χ0v) is 14.3. The van der Waals surface area contributed by atoms with Gasteiger partial charge < -0.3 is 15.6 Å². The van der Waals surface area contributed by atoms with Crippen molar-refractivity contribution in [1.29, 1.82) is 0 Å². The molecule has 0 radical (unpaired) electrons. The monoisotopic (exact) mass is 344 g/mol. The van der Waals surface area contributed by atoms with Crippen molar-refractivity contribution >= 4 is 23.5 Å². The van der Waals surface area contributed by atoms with Gasteiger partial charge in [-0.25, -0.2) is 0 Å². The molecule has 0 aliphatic rings. The van der Waals surface area contributed by atoms with Gasteiger partial charge in [0.05, 0.1) is 11.8 Å². The highest BCUT2D eigenvalue weighted by Gasteiger charge is 2.12. The summed E-state index contributed by atoms with van der Waals surface area (Å²) in [5, 5.41) is 3.33. The molecular weight excluding hydrogens is 324 g/mol. The van der Waals surface area contributed by atoms with Crippen molar-refractivity contribution in [3.8, 4) is 0 Å². The number of nitrogens with zero attached hydrogens (tertiary/aromatic N) is 2. The van der Waals surface area contributed by atoms with E-state index in [2.05, 4.69) is 16.9 Å². The largest absolute Gasteiger partial charge is 0.385 e. The van der Waals surface area contributed by atoms with Gasteiger partial charge in [0.25, 0.3) is 5.56 Å². The molecule has 0 bridgehead atoms. The molecule has 0 aliphatic carbocycles. The molecule has 2 rings (SSSR count). The Hall–Kier alpha value is -2.54. The van der Waals surface area contributed by atoms with Crippen LogP contribution in [0.15, 0.2) is 59.0 Å². The SMILES string of the molecule is C=CCn1c(N)cc(=O)nc1SCC(=O)N[C@H](C)c1ccccc1. The average molecular weight is 344 g/mol.